The molecule has 38 heavy (non-hydrogen) atoms. The fourth-order valence-electron chi connectivity index (χ4n) is 4.36. The zero-order valence-electron chi connectivity index (χ0n) is 20.4. The SMILES string of the molecule is Cc1cc(-c2ccccc2)c(C(=NO)C(=O)Nc2ccc(N3CCN(c4ncc(F)cn4)CC3)c(F)c2)o1. The lowest BCUT2D eigenvalue weighted by molar-refractivity contribution is -0.110. The molecule has 194 valence electrons. The number of hydrogen-bond donors (Lipinski definition) is 2. The number of carbonyl (C=O) groups excluding carboxylic acids is 1. The first-order valence-corrected chi connectivity index (χ1v) is 11.9. The van der Waals surface area contributed by atoms with Gasteiger partial charge in [0, 0.05) is 37.4 Å². The van der Waals surface area contributed by atoms with E-state index in [0.717, 1.165) is 18.0 Å². The molecule has 1 aliphatic rings. The number of aromatic nitrogens is 2. The van der Waals surface area contributed by atoms with Gasteiger partial charge in [-0.2, -0.15) is 0 Å². The van der Waals surface area contributed by atoms with Crippen molar-refractivity contribution in [2.75, 3.05) is 41.3 Å². The molecule has 11 heteroatoms. The van der Waals surface area contributed by atoms with Crippen molar-refractivity contribution in [2.45, 2.75) is 6.92 Å². The van der Waals surface area contributed by atoms with Gasteiger partial charge < -0.3 is 24.7 Å². The predicted molar refractivity (Wildman–Crippen MR) is 139 cm³/mol. The van der Waals surface area contributed by atoms with Gasteiger partial charge in [-0.15, -0.1) is 0 Å². The molecule has 1 amide bonds. The molecule has 0 atom stereocenters. The monoisotopic (exact) mass is 518 g/mol. The molecule has 2 aromatic carbocycles. The van der Waals surface area contributed by atoms with E-state index in [0.29, 0.717) is 49.1 Å². The Kier molecular flexibility index (Phi) is 6.98. The third kappa shape index (κ3) is 5.17. The molecule has 2 aromatic heterocycles. The molecule has 2 N–H and O–H groups in total. The number of aryl methyl sites for hydroxylation is 1. The van der Waals surface area contributed by atoms with Gasteiger partial charge in [0.15, 0.2) is 11.6 Å². The molecule has 5 rings (SSSR count). The van der Waals surface area contributed by atoms with Gasteiger partial charge in [0.1, 0.15) is 11.6 Å². The number of hydrogen-bond acceptors (Lipinski definition) is 8. The lowest BCUT2D eigenvalue weighted by Gasteiger charge is -2.36. The van der Waals surface area contributed by atoms with E-state index in [9.17, 15) is 14.4 Å². The number of furan rings is 1. The second kappa shape index (κ2) is 10.7. The van der Waals surface area contributed by atoms with Gasteiger partial charge >= 0.3 is 0 Å². The maximum absolute atomic E-state index is 15.1. The Bertz CT molecular complexity index is 1470. The van der Waals surface area contributed by atoms with E-state index in [-0.39, 0.29) is 17.2 Å². The van der Waals surface area contributed by atoms with Crippen molar-refractivity contribution < 1.29 is 23.2 Å². The van der Waals surface area contributed by atoms with Crippen LogP contribution in [0.3, 0.4) is 0 Å². The summed E-state index contributed by atoms with van der Waals surface area (Å²) in [6.45, 7) is 3.80. The lowest BCUT2D eigenvalue weighted by atomic mass is 10.0. The number of nitrogens with one attached hydrogen (secondary N) is 1. The van der Waals surface area contributed by atoms with E-state index in [1.54, 1.807) is 25.1 Å². The van der Waals surface area contributed by atoms with Crippen LogP contribution in [0.25, 0.3) is 11.1 Å². The van der Waals surface area contributed by atoms with Crippen molar-refractivity contribution in [1.29, 1.82) is 0 Å². The average Bonchev–Trinajstić information content (AvgIpc) is 3.31. The first-order chi connectivity index (χ1) is 18.4. The summed E-state index contributed by atoms with van der Waals surface area (Å²) in [6.07, 6.45) is 2.23. The van der Waals surface area contributed by atoms with Gasteiger partial charge in [-0.05, 0) is 36.8 Å². The van der Waals surface area contributed by atoms with Gasteiger partial charge in [-0.3, -0.25) is 4.79 Å². The predicted octanol–water partition coefficient (Wildman–Crippen LogP) is 4.47. The summed E-state index contributed by atoms with van der Waals surface area (Å²) >= 11 is 0. The van der Waals surface area contributed by atoms with Crippen LogP contribution >= 0.6 is 0 Å². The summed E-state index contributed by atoms with van der Waals surface area (Å²) in [5.41, 5.74) is 1.63. The van der Waals surface area contributed by atoms with Gasteiger partial charge in [0.25, 0.3) is 5.91 Å². The minimum atomic E-state index is -0.751. The van der Waals surface area contributed by atoms with Gasteiger partial charge in [0.05, 0.1) is 18.1 Å². The van der Waals surface area contributed by atoms with Crippen LogP contribution in [0.4, 0.5) is 26.1 Å². The van der Waals surface area contributed by atoms with Crippen molar-refractivity contribution >= 4 is 28.9 Å². The van der Waals surface area contributed by atoms with Crippen LogP contribution in [-0.4, -0.2) is 53.0 Å². The first kappa shape index (κ1) is 24.9. The molecule has 0 saturated carbocycles. The third-order valence-electron chi connectivity index (χ3n) is 6.19. The van der Waals surface area contributed by atoms with E-state index >= 15 is 4.39 Å². The lowest BCUT2D eigenvalue weighted by Crippen LogP contribution is -2.47. The number of anilines is 3. The normalized spacial score (nSPS) is 14.0. The Labute approximate surface area is 217 Å². The maximum atomic E-state index is 15.1. The Morgan fingerprint density at radius 3 is 2.34 bits per heavy atom. The molecule has 0 aliphatic carbocycles. The minimum Gasteiger partial charge on any atom is -0.459 e. The van der Waals surface area contributed by atoms with Crippen LogP contribution < -0.4 is 15.1 Å². The Hall–Kier alpha value is -4.80. The summed E-state index contributed by atoms with van der Waals surface area (Å²) in [7, 11) is 0. The summed E-state index contributed by atoms with van der Waals surface area (Å²) in [4.78, 5) is 24.8. The Balaban J connectivity index is 1.27. The Morgan fingerprint density at radius 2 is 1.68 bits per heavy atom. The molecule has 9 nitrogen and oxygen atoms in total. The Morgan fingerprint density at radius 1 is 1.00 bits per heavy atom. The van der Waals surface area contributed by atoms with Crippen LogP contribution in [0.5, 0.6) is 0 Å². The summed E-state index contributed by atoms with van der Waals surface area (Å²) in [5.74, 6) is -0.708. The molecular formula is C27H24F2N6O3. The molecule has 0 radical (unpaired) electrons. The van der Waals surface area contributed by atoms with Crippen LogP contribution in [-0.2, 0) is 4.79 Å². The van der Waals surface area contributed by atoms with Gasteiger partial charge in [-0.1, -0.05) is 35.5 Å². The molecule has 0 bridgehead atoms. The smallest absolute Gasteiger partial charge is 0.281 e. The molecule has 1 fully saturated rings. The highest BCUT2D eigenvalue weighted by Gasteiger charge is 2.25. The quantitative estimate of drug-likeness (QED) is 0.220. The number of piperazine rings is 1. The van der Waals surface area contributed by atoms with E-state index < -0.39 is 17.5 Å². The highest BCUT2D eigenvalue weighted by molar-refractivity contribution is 6.49. The van der Waals surface area contributed by atoms with Crippen molar-refractivity contribution in [2.24, 2.45) is 5.16 Å². The largest absolute Gasteiger partial charge is 0.459 e. The molecular weight excluding hydrogens is 494 g/mol. The summed E-state index contributed by atoms with van der Waals surface area (Å²) < 4.78 is 33.8. The van der Waals surface area contributed by atoms with Crippen molar-refractivity contribution in [3.8, 4) is 11.1 Å². The number of rotatable bonds is 6. The highest BCUT2D eigenvalue weighted by atomic mass is 19.1. The molecule has 1 aliphatic heterocycles. The fraction of sp³-hybridized carbons (Fsp3) is 0.185. The molecule has 1 saturated heterocycles. The van der Waals surface area contributed by atoms with Gasteiger partial charge in [-0.25, -0.2) is 18.7 Å². The van der Waals surface area contributed by atoms with E-state index in [1.165, 1.54) is 6.07 Å². The number of amides is 1. The first-order valence-electron chi connectivity index (χ1n) is 11.9. The fourth-order valence-corrected chi connectivity index (χ4v) is 4.36. The average molecular weight is 519 g/mol. The number of nitrogens with zero attached hydrogens (tertiary/aromatic N) is 5. The highest BCUT2D eigenvalue weighted by Crippen LogP contribution is 2.29. The molecule has 0 spiro atoms. The van der Waals surface area contributed by atoms with Crippen molar-refractivity contribution in [3.05, 3.63) is 90.1 Å². The molecule has 3 heterocycles. The van der Waals surface area contributed by atoms with Gasteiger partial charge in [0.2, 0.25) is 11.7 Å². The number of benzene rings is 2. The zero-order valence-corrected chi connectivity index (χ0v) is 20.4. The topological polar surface area (TPSA) is 107 Å². The standard InChI is InChI=1S/C27H24F2N6O3/c1-17-13-21(18-5-3-2-4-6-18)25(38-17)24(33-37)26(36)32-20-7-8-23(22(29)14-20)34-9-11-35(12-10-34)27-30-15-19(28)16-31-27/h2-8,13-16,37H,9-12H2,1H3,(H,32,36). The van der Waals surface area contributed by atoms with Crippen molar-refractivity contribution in [3.63, 3.8) is 0 Å². The van der Waals surface area contributed by atoms with E-state index in [2.05, 4.69) is 20.4 Å². The van der Waals surface area contributed by atoms with E-state index in [1.807, 2.05) is 40.1 Å². The number of halogens is 2. The summed E-state index contributed by atoms with van der Waals surface area (Å²) in [5, 5.41) is 15.4. The summed E-state index contributed by atoms with van der Waals surface area (Å²) in [6, 6.07) is 15.4. The maximum Gasteiger partial charge on any atom is 0.281 e. The van der Waals surface area contributed by atoms with Crippen LogP contribution in [0.15, 0.2) is 76.6 Å². The number of oxime groups is 1. The molecule has 4 aromatic rings. The minimum absolute atomic E-state index is 0.105. The van der Waals surface area contributed by atoms with Crippen LogP contribution in [0, 0.1) is 18.6 Å². The van der Waals surface area contributed by atoms with Crippen LogP contribution in [0.1, 0.15) is 11.5 Å². The zero-order chi connectivity index (χ0) is 26.6. The number of carbonyl (C=O) groups is 1. The second-order valence-corrected chi connectivity index (χ2v) is 8.71. The second-order valence-electron chi connectivity index (χ2n) is 8.71. The van der Waals surface area contributed by atoms with Crippen LogP contribution in [0.2, 0.25) is 0 Å². The third-order valence-corrected chi connectivity index (χ3v) is 6.19. The van der Waals surface area contributed by atoms with Crippen molar-refractivity contribution in [1.82, 2.24) is 9.97 Å². The molecule has 0 unspecified atom stereocenters. The van der Waals surface area contributed by atoms with E-state index in [4.69, 9.17) is 4.42 Å².